The highest BCUT2D eigenvalue weighted by Gasteiger charge is 2.36. The zero-order chi connectivity index (χ0) is 11.6. The summed E-state index contributed by atoms with van der Waals surface area (Å²) in [5, 5.41) is 0. The Kier molecular flexibility index (Phi) is 3.77. The van der Waals surface area contributed by atoms with Crippen molar-refractivity contribution in [3.05, 3.63) is 0 Å². The van der Waals surface area contributed by atoms with Crippen molar-refractivity contribution in [3.8, 4) is 0 Å². The minimum atomic E-state index is -0.329. The molecule has 2 atom stereocenters. The molecule has 1 aliphatic rings. The van der Waals surface area contributed by atoms with Crippen LogP contribution in [0.25, 0.3) is 0 Å². The lowest BCUT2D eigenvalue weighted by molar-refractivity contribution is -0.132. The Morgan fingerprint density at radius 2 is 2.13 bits per heavy atom. The van der Waals surface area contributed by atoms with Gasteiger partial charge in [0.15, 0.2) is 0 Å². The van der Waals surface area contributed by atoms with Crippen LogP contribution in [0.5, 0.6) is 0 Å². The first kappa shape index (κ1) is 12.5. The molecule has 88 valence electrons. The van der Waals surface area contributed by atoms with E-state index < -0.39 is 0 Å². The van der Waals surface area contributed by atoms with E-state index in [1.165, 1.54) is 0 Å². The average molecular weight is 212 g/mol. The molecule has 0 bridgehead atoms. The van der Waals surface area contributed by atoms with Gasteiger partial charge in [-0.3, -0.25) is 4.79 Å². The van der Waals surface area contributed by atoms with Gasteiger partial charge in [0.2, 0.25) is 5.91 Å². The molecule has 1 amide bonds. The van der Waals surface area contributed by atoms with E-state index in [4.69, 9.17) is 5.73 Å². The number of carbonyl (C=O) groups is 1. The molecule has 15 heavy (non-hydrogen) atoms. The summed E-state index contributed by atoms with van der Waals surface area (Å²) in [5.74, 6) is 0.355. The fourth-order valence-electron chi connectivity index (χ4n) is 2.00. The van der Waals surface area contributed by atoms with Crippen LogP contribution in [-0.4, -0.2) is 29.9 Å². The molecule has 0 aliphatic carbocycles. The first-order valence-corrected chi connectivity index (χ1v) is 5.94. The Hall–Kier alpha value is -0.570. The van der Waals surface area contributed by atoms with Crippen molar-refractivity contribution < 1.29 is 4.79 Å². The van der Waals surface area contributed by atoms with Gasteiger partial charge in [-0.25, -0.2) is 0 Å². The molecule has 0 spiro atoms. The van der Waals surface area contributed by atoms with Crippen LogP contribution in [0, 0.1) is 11.3 Å². The SMILES string of the molecule is CCC1(C)CCN(C(=O)[C@H](N)C(C)C)C1. The van der Waals surface area contributed by atoms with Crippen molar-refractivity contribution in [1.29, 1.82) is 0 Å². The lowest BCUT2D eigenvalue weighted by Gasteiger charge is -2.26. The van der Waals surface area contributed by atoms with Gasteiger partial charge >= 0.3 is 0 Å². The standard InChI is InChI=1S/C12H24N2O/c1-5-12(4)6-7-14(8-12)11(15)10(13)9(2)3/h9-10H,5-8,13H2,1-4H3/t10-,12?/m1/s1. The van der Waals surface area contributed by atoms with Gasteiger partial charge < -0.3 is 10.6 Å². The van der Waals surface area contributed by atoms with Crippen LogP contribution in [0.2, 0.25) is 0 Å². The molecule has 0 saturated carbocycles. The van der Waals surface area contributed by atoms with Gasteiger partial charge in [-0.2, -0.15) is 0 Å². The molecule has 3 heteroatoms. The Balaban J connectivity index is 2.57. The van der Waals surface area contributed by atoms with E-state index in [9.17, 15) is 4.79 Å². The predicted octanol–water partition coefficient (Wildman–Crippen LogP) is 1.62. The molecular formula is C12H24N2O. The predicted molar refractivity (Wildman–Crippen MR) is 62.4 cm³/mol. The van der Waals surface area contributed by atoms with Crippen molar-refractivity contribution in [2.45, 2.75) is 46.6 Å². The molecule has 1 heterocycles. The number of likely N-dealkylation sites (tertiary alicyclic amines) is 1. The summed E-state index contributed by atoms with van der Waals surface area (Å²) in [4.78, 5) is 13.9. The van der Waals surface area contributed by atoms with Crippen LogP contribution >= 0.6 is 0 Å². The number of rotatable bonds is 3. The quantitative estimate of drug-likeness (QED) is 0.772. The van der Waals surface area contributed by atoms with Gasteiger partial charge in [0.1, 0.15) is 0 Å². The number of hydrogen-bond acceptors (Lipinski definition) is 2. The highest BCUT2D eigenvalue weighted by molar-refractivity contribution is 5.82. The van der Waals surface area contributed by atoms with Crippen LogP contribution in [0.15, 0.2) is 0 Å². The maximum atomic E-state index is 12.0. The average Bonchev–Trinajstić information content (AvgIpc) is 2.59. The molecule has 1 fully saturated rings. The molecular weight excluding hydrogens is 188 g/mol. The second-order valence-corrected chi connectivity index (χ2v) is 5.44. The summed E-state index contributed by atoms with van der Waals surface area (Å²) >= 11 is 0. The fourth-order valence-corrected chi connectivity index (χ4v) is 2.00. The summed E-state index contributed by atoms with van der Waals surface area (Å²) in [6, 6.07) is -0.329. The van der Waals surface area contributed by atoms with Gasteiger partial charge in [-0.1, -0.05) is 27.7 Å². The van der Waals surface area contributed by atoms with Crippen molar-refractivity contribution >= 4 is 5.91 Å². The molecule has 1 rings (SSSR count). The fraction of sp³-hybridized carbons (Fsp3) is 0.917. The molecule has 0 radical (unpaired) electrons. The number of nitrogens with two attached hydrogens (primary N) is 1. The summed E-state index contributed by atoms with van der Waals surface area (Å²) in [6.07, 6.45) is 2.24. The zero-order valence-corrected chi connectivity index (χ0v) is 10.4. The van der Waals surface area contributed by atoms with Crippen molar-refractivity contribution in [2.75, 3.05) is 13.1 Å². The van der Waals surface area contributed by atoms with Crippen molar-refractivity contribution in [2.24, 2.45) is 17.1 Å². The molecule has 1 saturated heterocycles. The largest absolute Gasteiger partial charge is 0.341 e. The topological polar surface area (TPSA) is 46.3 Å². The highest BCUT2D eigenvalue weighted by Crippen LogP contribution is 2.33. The minimum absolute atomic E-state index is 0.127. The van der Waals surface area contributed by atoms with Gasteiger partial charge in [0.05, 0.1) is 6.04 Å². The van der Waals surface area contributed by atoms with E-state index in [1.54, 1.807) is 0 Å². The number of amides is 1. The van der Waals surface area contributed by atoms with Crippen molar-refractivity contribution in [3.63, 3.8) is 0 Å². The van der Waals surface area contributed by atoms with E-state index in [0.29, 0.717) is 5.41 Å². The zero-order valence-electron chi connectivity index (χ0n) is 10.4. The van der Waals surface area contributed by atoms with Gasteiger partial charge in [0.25, 0.3) is 0 Å². The van der Waals surface area contributed by atoms with Crippen LogP contribution in [0.3, 0.4) is 0 Å². The molecule has 0 aromatic carbocycles. The van der Waals surface area contributed by atoms with Gasteiger partial charge in [-0.15, -0.1) is 0 Å². The Bertz CT molecular complexity index is 240. The Labute approximate surface area is 93.0 Å². The Morgan fingerprint density at radius 1 is 1.53 bits per heavy atom. The summed E-state index contributed by atoms with van der Waals surface area (Å²) in [7, 11) is 0. The van der Waals surface area contributed by atoms with E-state index in [-0.39, 0.29) is 17.9 Å². The lowest BCUT2D eigenvalue weighted by atomic mass is 9.87. The first-order chi connectivity index (χ1) is 6.89. The third kappa shape index (κ3) is 2.71. The summed E-state index contributed by atoms with van der Waals surface area (Å²) in [5.41, 5.74) is 6.19. The number of nitrogens with zero attached hydrogens (tertiary/aromatic N) is 1. The third-order valence-electron chi connectivity index (χ3n) is 3.73. The van der Waals surface area contributed by atoms with E-state index in [2.05, 4.69) is 13.8 Å². The highest BCUT2D eigenvalue weighted by atomic mass is 16.2. The molecule has 1 aliphatic heterocycles. The maximum Gasteiger partial charge on any atom is 0.239 e. The van der Waals surface area contributed by atoms with Crippen LogP contribution in [0.1, 0.15) is 40.5 Å². The molecule has 1 unspecified atom stereocenters. The number of hydrogen-bond donors (Lipinski definition) is 1. The van der Waals surface area contributed by atoms with Crippen LogP contribution in [0.4, 0.5) is 0 Å². The van der Waals surface area contributed by atoms with Crippen LogP contribution in [-0.2, 0) is 4.79 Å². The van der Waals surface area contributed by atoms with Crippen LogP contribution < -0.4 is 5.73 Å². The van der Waals surface area contributed by atoms with E-state index in [1.807, 2.05) is 18.7 Å². The second kappa shape index (κ2) is 4.52. The maximum absolute atomic E-state index is 12.0. The molecule has 0 aromatic heterocycles. The normalized spacial score (nSPS) is 28.5. The van der Waals surface area contributed by atoms with Gasteiger partial charge in [0, 0.05) is 13.1 Å². The first-order valence-electron chi connectivity index (χ1n) is 5.94. The smallest absolute Gasteiger partial charge is 0.239 e. The van der Waals surface area contributed by atoms with Gasteiger partial charge in [-0.05, 0) is 24.2 Å². The van der Waals surface area contributed by atoms with E-state index in [0.717, 1.165) is 25.9 Å². The monoisotopic (exact) mass is 212 g/mol. The van der Waals surface area contributed by atoms with E-state index >= 15 is 0 Å². The Morgan fingerprint density at radius 3 is 2.53 bits per heavy atom. The lowest BCUT2D eigenvalue weighted by Crippen LogP contribution is -2.46. The number of carbonyl (C=O) groups excluding carboxylic acids is 1. The molecule has 2 N–H and O–H groups in total. The molecule has 0 aromatic rings. The summed E-state index contributed by atoms with van der Waals surface area (Å²) < 4.78 is 0. The molecule has 3 nitrogen and oxygen atoms in total. The third-order valence-corrected chi connectivity index (χ3v) is 3.73. The minimum Gasteiger partial charge on any atom is -0.341 e. The summed E-state index contributed by atoms with van der Waals surface area (Å²) in [6.45, 7) is 10.2. The second-order valence-electron chi connectivity index (χ2n) is 5.44. The van der Waals surface area contributed by atoms with Crippen molar-refractivity contribution in [1.82, 2.24) is 4.90 Å².